The van der Waals surface area contributed by atoms with Crippen LogP contribution in [0.25, 0.3) is 0 Å². The molecule has 3 rings (SSSR count). The van der Waals surface area contributed by atoms with Gasteiger partial charge in [-0.25, -0.2) is 0 Å². The van der Waals surface area contributed by atoms with Gasteiger partial charge in [-0.15, -0.1) is 0 Å². The number of rotatable bonds is 4. The third-order valence-electron chi connectivity index (χ3n) is 4.65. The molecule has 6 heteroatoms. The summed E-state index contributed by atoms with van der Waals surface area (Å²) in [7, 11) is 0. The molecule has 0 radical (unpaired) electrons. The van der Waals surface area contributed by atoms with E-state index in [0.29, 0.717) is 25.3 Å². The first-order chi connectivity index (χ1) is 12.8. The van der Waals surface area contributed by atoms with Crippen molar-refractivity contribution in [2.24, 2.45) is 5.41 Å². The second-order valence-electron chi connectivity index (χ2n) is 7.85. The van der Waals surface area contributed by atoms with Crippen LogP contribution >= 0.6 is 0 Å². The summed E-state index contributed by atoms with van der Waals surface area (Å²) in [6.45, 7) is 7.90. The summed E-state index contributed by atoms with van der Waals surface area (Å²) < 4.78 is 0. The molecule has 1 aliphatic heterocycles. The zero-order chi connectivity index (χ0) is 19.4. The molecule has 0 saturated carbocycles. The van der Waals surface area contributed by atoms with Crippen LogP contribution in [0.3, 0.4) is 0 Å². The Kier molecular flexibility index (Phi) is 5.44. The average molecular weight is 366 g/mol. The Morgan fingerprint density at radius 2 is 1.96 bits per heavy atom. The highest BCUT2D eigenvalue weighted by Crippen LogP contribution is 2.32. The Hall–Kier alpha value is -2.89. The van der Waals surface area contributed by atoms with Crippen LogP contribution < -0.4 is 15.5 Å². The van der Waals surface area contributed by atoms with E-state index in [1.54, 1.807) is 12.3 Å². The van der Waals surface area contributed by atoms with Crippen LogP contribution in [0, 0.1) is 5.41 Å². The van der Waals surface area contributed by atoms with E-state index in [1.807, 2.05) is 41.3 Å². The number of hydrogen-bond acceptors (Lipinski definition) is 4. The molecule has 1 aromatic carbocycles. The molecule has 2 N–H and O–H groups in total. The zero-order valence-electron chi connectivity index (χ0n) is 16.0. The highest BCUT2D eigenvalue weighted by atomic mass is 16.2. The van der Waals surface area contributed by atoms with Crippen molar-refractivity contribution in [3.8, 4) is 0 Å². The zero-order valence-corrected chi connectivity index (χ0v) is 16.0. The van der Waals surface area contributed by atoms with Gasteiger partial charge < -0.3 is 15.5 Å². The van der Waals surface area contributed by atoms with Crippen LogP contribution in [0.4, 0.5) is 5.69 Å². The molecule has 1 aromatic heterocycles. The SMILES string of the molecule is CC(C)(C)C(NC(=O)c1cc(N2CCNC(=O)C2)ccn1)c1ccccc1. The lowest BCUT2D eigenvalue weighted by Gasteiger charge is -2.32. The van der Waals surface area contributed by atoms with Crippen molar-refractivity contribution in [3.63, 3.8) is 0 Å². The molecular formula is C21H26N4O2. The molecule has 0 bridgehead atoms. The molecule has 6 nitrogen and oxygen atoms in total. The minimum atomic E-state index is -0.220. The maximum atomic E-state index is 12.9. The van der Waals surface area contributed by atoms with Crippen molar-refractivity contribution in [2.75, 3.05) is 24.5 Å². The first-order valence-electron chi connectivity index (χ1n) is 9.18. The molecule has 1 atom stereocenters. The van der Waals surface area contributed by atoms with Gasteiger partial charge in [-0.1, -0.05) is 51.1 Å². The smallest absolute Gasteiger partial charge is 0.270 e. The number of amides is 2. The van der Waals surface area contributed by atoms with Crippen LogP contribution in [0.2, 0.25) is 0 Å². The van der Waals surface area contributed by atoms with Gasteiger partial charge in [0.25, 0.3) is 5.91 Å². The quantitative estimate of drug-likeness (QED) is 0.872. The molecule has 1 fully saturated rings. The molecule has 0 spiro atoms. The van der Waals surface area contributed by atoms with Gasteiger partial charge in [0, 0.05) is 25.0 Å². The lowest BCUT2D eigenvalue weighted by molar-refractivity contribution is -0.120. The van der Waals surface area contributed by atoms with Gasteiger partial charge >= 0.3 is 0 Å². The highest BCUT2D eigenvalue weighted by molar-refractivity contribution is 5.93. The van der Waals surface area contributed by atoms with Gasteiger partial charge in [0.1, 0.15) is 5.69 Å². The van der Waals surface area contributed by atoms with Gasteiger partial charge in [-0.3, -0.25) is 14.6 Å². The number of nitrogens with zero attached hydrogens (tertiary/aromatic N) is 2. The van der Waals surface area contributed by atoms with Crippen LogP contribution in [-0.2, 0) is 4.79 Å². The fourth-order valence-corrected chi connectivity index (χ4v) is 3.25. The first-order valence-corrected chi connectivity index (χ1v) is 9.18. The van der Waals surface area contributed by atoms with E-state index in [9.17, 15) is 9.59 Å². The third-order valence-corrected chi connectivity index (χ3v) is 4.65. The number of pyridine rings is 1. The summed E-state index contributed by atoms with van der Waals surface area (Å²) >= 11 is 0. The summed E-state index contributed by atoms with van der Waals surface area (Å²) in [5.74, 6) is -0.233. The first kappa shape index (κ1) is 18.9. The average Bonchev–Trinajstić information content (AvgIpc) is 2.66. The number of nitrogens with one attached hydrogen (secondary N) is 2. The van der Waals surface area contributed by atoms with Gasteiger partial charge in [-0.05, 0) is 23.1 Å². The fraction of sp³-hybridized carbons (Fsp3) is 0.381. The number of benzene rings is 1. The van der Waals surface area contributed by atoms with Crippen molar-refractivity contribution in [1.29, 1.82) is 0 Å². The predicted molar refractivity (Wildman–Crippen MR) is 106 cm³/mol. The van der Waals surface area contributed by atoms with Gasteiger partial charge in [0.15, 0.2) is 0 Å². The van der Waals surface area contributed by atoms with Crippen LogP contribution in [0.5, 0.6) is 0 Å². The summed E-state index contributed by atoms with van der Waals surface area (Å²) in [6, 6.07) is 13.4. The fourth-order valence-electron chi connectivity index (χ4n) is 3.25. The van der Waals surface area contributed by atoms with Gasteiger partial charge in [0.2, 0.25) is 5.91 Å². The normalized spacial score (nSPS) is 15.8. The van der Waals surface area contributed by atoms with E-state index < -0.39 is 0 Å². The molecule has 2 aromatic rings. The Morgan fingerprint density at radius 3 is 2.63 bits per heavy atom. The molecule has 142 valence electrons. The van der Waals surface area contributed by atoms with Gasteiger partial charge in [-0.2, -0.15) is 0 Å². The molecule has 2 amide bonds. The van der Waals surface area contributed by atoms with E-state index in [0.717, 1.165) is 11.3 Å². The van der Waals surface area contributed by atoms with Crippen LogP contribution in [0.15, 0.2) is 48.7 Å². The number of aromatic nitrogens is 1. The third kappa shape index (κ3) is 4.64. The lowest BCUT2D eigenvalue weighted by Crippen LogP contribution is -2.47. The predicted octanol–water partition coefficient (Wildman–Crippen LogP) is 2.54. The monoisotopic (exact) mass is 366 g/mol. The number of hydrogen-bond donors (Lipinski definition) is 2. The van der Waals surface area contributed by atoms with Gasteiger partial charge in [0.05, 0.1) is 12.6 Å². The van der Waals surface area contributed by atoms with Crippen LogP contribution in [0.1, 0.15) is 42.9 Å². The van der Waals surface area contributed by atoms with E-state index in [1.165, 1.54) is 0 Å². The van der Waals surface area contributed by atoms with Crippen molar-refractivity contribution < 1.29 is 9.59 Å². The second-order valence-corrected chi connectivity index (χ2v) is 7.85. The lowest BCUT2D eigenvalue weighted by atomic mass is 9.82. The maximum Gasteiger partial charge on any atom is 0.270 e. The largest absolute Gasteiger partial charge is 0.360 e. The standard InChI is InChI=1S/C21H26N4O2/c1-21(2,3)19(15-7-5-4-6-8-15)24-20(27)17-13-16(9-10-22-17)25-12-11-23-18(26)14-25/h4-10,13,19H,11-12,14H2,1-3H3,(H,23,26)(H,24,27). The molecule has 1 unspecified atom stereocenters. The van der Waals surface area contributed by atoms with Crippen molar-refractivity contribution >= 4 is 17.5 Å². The Morgan fingerprint density at radius 1 is 1.22 bits per heavy atom. The summed E-state index contributed by atoms with van der Waals surface area (Å²) in [5, 5.41) is 5.93. The second kappa shape index (κ2) is 7.78. The number of anilines is 1. The van der Waals surface area contributed by atoms with E-state index in [4.69, 9.17) is 0 Å². The number of piperazine rings is 1. The molecule has 1 aliphatic rings. The Labute approximate surface area is 160 Å². The molecule has 27 heavy (non-hydrogen) atoms. The Balaban J connectivity index is 1.80. The molecule has 2 heterocycles. The maximum absolute atomic E-state index is 12.9. The topological polar surface area (TPSA) is 74.3 Å². The Bertz CT molecular complexity index is 814. The molecule has 0 aliphatic carbocycles. The summed E-state index contributed by atoms with van der Waals surface area (Å²) in [5.41, 5.74) is 2.09. The van der Waals surface area contributed by atoms with E-state index in [2.05, 4.69) is 36.4 Å². The van der Waals surface area contributed by atoms with Crippen molar-refractivity contribution in [3.05, 3.63) is 59.9 Å². The van der Waals surface area contributed by atoms with E-state index >= 15 is 0 Å². The summed E-state index contributed by atoms with van der Waals surface area (Å²) in [6.07, 6.45) is 1.62. The van der Waals surface area contributed by atoms with Crippen molar-refractivity contribution in [1.82, 2.24) is 15.6 Å². The summed E-state index contributed by atoms with van der Waals surface area (Å²) in [4.78, 5) is 30.7. The highest BCUT2D eigenvalue weighted by Gasteiger charge is 2.28. The molecular weight excluding hydrogens is 340 g/mol. The van der Waals surface area contributed by atoms with E-state index in [-0.39, 0.29) is 23.3 Å². The minimum Gasteiger partial charge on any atom is -0.360 e. The van der Waals surface area contributed by atoms with Crippen LogP contribution in [-0.4, -0.2) is 36.4 Å². The molecule has 1 saturated heterocycles. The van der Waals surface area contributed by atoms with Crippen molar-refractivity contribution in [2.45, 2.75) is 26.8 Å². The number of carbonyl (C=O) groups is 2. The minimum absolute atomic E-state index is 0.0130. The number of carbonyl (C=O) groups excluding carboxylic acids is 2.